The van der Waals surface area contributed by atoms with Gasteiger partial charge < -0.3 is 15.5 Å². The number of hydrogen-bond donors (Lipinski definition) is 3. The molecule has 0 fully saturated rings. The summed E-state index contributed by atoms with van der Waals surface area (Å²) in [5.74, 6) is 1.63. The van der Waals surface area contributed by atoms with Gasteiger partial charge in [-0.15, -0.1) is 0 Å². The minimum Gasteiger partial charge on any atom is -0.396 e. The summed E-state index contributed by atoms with van der Waals surface area (Å²) in [6, 6.07) is 8.87. The number of aliphatic hydroxyl groups excluding tert-OH is 2. The van der Waals surface area contributed by atoms with Gasteiger partial charge in [0.25, 0.3) is 5.91 Å². The second kappa shape index (κ2) is 10.6. The van der Waals surface area contributed by atoms with Crippen LogP contribution in [0.5, 0.6) is 0 Å². The standard InChI is InChI=1S/C36H45NO3/c1-6-23-7-8-27-28-10-9-26(22(5)39)33-24(18-38)14-21(4)17-31(35(28)33)29-11-12-30(32(23)34(27)29)36(40)37-25-15-19(2)13-20(3)16-25/h7-8,11-13,15,20-22,24,26,28,31,38-39H,6,9-10,14,16-18H2,1-5H3,(H,37,40)/t20?,21-,22?,24?,26?,28?,31?/m0/s1. The quantitative estimate of drug-likeness (QED) is 0.349. The highest BCUT2D eigenvalue weighted by molar-refractivity contribution is 6.11. The lowest BCUT2D eigenvalue weighted by molar-refractivity contribution is 0.0965. The third kappa shape index (κ3) is 4.48. The molecule has 4 nitrogen and oxygen atoms in total. The number of aliphatic hydroxyl groups is 2. The van der Waals surface area contributed by atoms with Crippen molar-refractivity contribution in [3.63, 3.8) is 0 Å². The molecule has 3 N–H and O–H groups in total. The molecule has 4 aliphatic rings. The van der Waals surface area contributed by atoms with Gasteiger partial charge in [0, 0.05) is 41.5 Å². The van der Waals surface area contributed by atoms with Crippen molar-refractivity contribution in [3.05, 3.63) is 81.1 Å². The summed E-state index contributed by atoms with van der Waals surface area (Å²) < 4.78 is 0. The number of benzene rings is 2. The zero-order chi connectivity index (χ0) is 28.3. The fraction of sp³-hybridized carbons (Fsp3) is 0.528. The maximum atomic E-state index is 13.9. The van der Waals surface area contributed by atoms with Gasteiger partial charge >= 0.3 is 0 Å². The topological polar surface area (TPSA) is 69.6 Å². The SMILES string of the molecule is CCc1ccc2c3c(ccc(C(=O)NC4=CC(C)=CC(C)C4)c13)C1C[C@@H](C)CC(CO)C3=C1C2CCC3C(C)O. The Morgan fingerprint density at radius 2 is 1.77 bits per heavy atom. The van der Waals surface area contributed by atoms with Crippen LogP contribution in [0.4, 0.5) is 0 Å². The first-order valence-corrected chi connectivity index (χ1v) is 15.5. The second-order valence-corrected chi connectivity index (χ2v) is 13.2. The monoisotopic (exact) mass is 539 g/mol. The van der Waals surface area contributed by atoms with E-state index >= 15 is 0 Å². The Morgan fingerprint density at radius 1 is 1.02 bits per heavy atom. The molecule has 0 saturated carbocycles. The predicted octanol–water partition coefficient (Wildman–Crippen LogP) is 7.31. The van der Waals surface area contributed by atoms with E-state index in [1.165, 1.54) is 38.8 Å². The summed E-state index contributed by atoms with van der Waals surface area (Å²) in [7, 11) is 0. The number of amides is 1. The highest BCUT2D eigenvalue weighted by Gasteiger charge is 2.45. The lowest BCUT2D eigenvalue weighted by Crippen LogP contribution is -2.33. The minimum absolute atomic E-state index is 0.0130. The molecule has 0 aliphatic heterocycles. The van der Waals surface area contributed by atoms with Crippen LogP contribution in [0.15, 0.2) is 58.8 Å². The van der Waals surface area contributed by atoms with E-state index in [1.807, 2.05) is 6.92 Å². The molecule has 7 atom stereocenters. The van der Waals surface area contributed by atoms with E-state index in [4.69, 9.17) is 0 Å². The van der Waals surface area contributed by atoms with Gasteiger partial charge in [0.05, 0.1) is 6.10 Å². The van der Waals surface area contributed by atoms with E-state index in [1.54, 1.807) is 0 Å². The summed E-state index contributed by atoms with van der Waals surface area (Å²) in [4.78, 5) is 13.9. The molecule has 40 heavy (non-hydrogen) atoms. The number of hydrogen-bond acceptors (Lipinski definition) is 3. The van der Waals surface area contributed by atoms with Crippen LogP contribution in [0.3, 0.4) is 0 Å². The molecule has 0 radical (unpaired) electrons. The van der Waals surface area contributed by atoms with Gasteiger partial charge in [-0.1, -0.05) is 61.8 Å². The number of fused-ring (bicyclic) bond motifs is 2. The van der Waals surface area contributed by atoms with E-state index in [0.29, 0.717) is 11.8 Å². The molecule has 1 amide bonds. The van der Waals surface area contributed by atoms with Crippen molar-refractivity contribution in [1.29, 1.82) is 0 Å². The maximum absolute atomic E-state index is 13.9. The van der Waals surface area contributed by atoms with Gasteiger partial charge in [-0.2, -0.15) is 0 Å². The first-order chi connectivity index (χ1) is 19.2. The van der Waals surface area contributed by atoms with E-state index in [2.05, 4.69) is 69.4 Å². The Balaban J connectivity index is 1.54. The third-order valence-corrected chi connectivity index (χ3v) is 10.3. The summed E-state index contributed by atoms with van der Waals surface area (Å²) >= 11 is 0. The van der Waals surface area contributed by atoms with Gasteiger partial charge in [-0.25, -0.2) is 0 Å². The van der Waals surface area contributed by atoms with Crippen molar-refractivity contribution < 1.29 is 15.0 Å². The summed E-state index contributed by atoms with van der Waals surface area (Å²) in [6.45, 7) is 10.9. The van der Waals surface area contributed by atoms with Crippen molar-refractivity contribution >= 4 is 16.7 Å². The molecule has 0 aromatic heterocycles. The third-order valence-electron chi connectivity index (χ3n) is 10.3. The van der Waals surface area contributed by atoms with E-state index < -0.39 is 6.10 Å². The first kappa shape index (κ1) is 27.5. The maximum Gasteiger partial charge on any atom is 0.256 e. The normalized spacial score (nSPS) is 30.3. The zero-order valence-electron chi connectivity index (χ0n) is 24.8. The van der Waals surface area contributed by atoms with Crippen LogP contribution >= 0.6 is 0 Å². The Morgan fingerprint density at radius 3 is 2.48 bits per heavy atom. The first-order valence-electron chi connectivity index (χ1n) is 15.5. The van der Waals surface area contributed by atoms with Gasteiger partial charge in [-0.3, -0.25) is 4.79 Å². The van der Waals surface area contributed by atoms with Crippen LogP contribution < -0.4 is 5.32 Å². The fourth-order valence-corrected chi connectivity index (χ4v) is 8.81. The van der Waals surface area contributed by atoms with Crippen LogP contribution in [-0.4, -0.2) is 28.8 Å². The number of carbonyl (C=O) groups is 1. The highest BCUT2D eigenvalue weighted by Crippen LogP contribution is 2.59. The molecule has 0 heterocycles. The molecule has 2 aromatic carbocycles. The Kier molecular flexibility index (Phi) is 7.29. The van der Waals surface area contributed by atoms with E-state index in [-0.39, 0.29) is 36.2 Å². The van der Waals surface area contributed by atoms with Crippen LogP contribution in [0.2, 0.25) is 0 Å². The molecule has 6 rings (SSSR count). The van der Waals surface area contributed by atoms with Crippen molar-refractivity contribution in [1.82, 2.24) is 5.32 Å². The number of nitrogens with one attached hydrogen (secondary N) is 1. The number of allylic oxidation sites excluding steroid dienone is 5. The van der Waals surface area contributed by atoms with Crippen molar-refractivity contribution in [3.8, 4) is 0 Å². The largest absolute Gasteiger partial charge is 0.396 e. The van der Waals surface area contributed by atoms with Crippen molar-refractivity contribution in [2.24, 2.45) is 23.7 Å². The lowest BCUT2D eigenvalue weighted by Gasteiger charge is -2.44. The smallest absolute Gasteiger partial charge is 0.256 e. The summed E-state index contributed by atoms with van der Waals surface area (Å²) in [5, 5.41) is 27.1. The molecule has 212 valence electrons. The molecule has 0 saturated heterocycles. The van der Waals surface area contributed by atoms with Crippen LogP contribution in [-0.2, 0) is 6.42 Å². The van der Waals surface area contributed by atoms with Crippen LogP contribution in [0.1, 0.15) is 106 Å². The molecule has 2 aromatic rings. The second-order valence-electron chi connectivity index (χ2n) is 13.2. The minimum atomic E-state index is -0.420. The molecule has 0 bridgehead atoms. The average molecular weight is 540 g/mol. The van der Waals surface area contributed by atoms with Crippen molar-refractivity contribution in [2.45, 2.75) is 91.1 Å². The number of rotatable bonds is 5. The summed E-state index contributed by atoms with van der Waals surface area (Å²) in [6.07, 6.45) is 9.61. The predicted molar refractivity (Wildman–Crippen MR) is 162 cm³/mol. The molecule has 4 heteroatoms. The molecular weight excluding hydrogens is 494 g/mol. The molecule has 0 spiro atoms. The number of carbonyl (C=O) groups excluding carboxylic acids is 1. The zero-order valence-corrected chi connectivity index (χ0v) is 24.8. The highest BCUT2D eigenvalue weighted by atomic mass is 16.3. The lowest BCUT2D eigenvalue weighted by atomic mass is 9.61. The average Bonchev–Trinajstić information content (AvgIpc) is 3.07. The van der Waals surface area contributed by atoms with E-state index in [9.17, 15) is 15.0 Å². The van der Waals surface area contributed by atoms with Crippen molar-refractivity contribution in [2.75, 3.05) is 6.61 Å². The van der Waals surface area contributed by atoms with Gasteiger partial charge in [0.2, 0.25) is 0 Å². The van der Waals surface area contributed by atoms with Crippen LogP contribution in [0.25, 0.3) is 10.8 Å². The molecule has 4 aliphatic carbocycles. The number of aryl methyl sites for hydroxylation is 1. The van der Waals surface area contributed by atoms with Crippen LogP contribution in [0, 0.1) is 23.7 Å². The Hall–Kier alpha value is -2.69. The molecule has 6 unspecified atom stereocenters. The summed E-state index contributed by atoms with van der Waals surface area (Å²) in [5.41, 5.74) is 9.68. The van der Waals surface area contributed by atoms with Gasteiger partial charge in [-0.05, 0) is 104 Å². The van der Waals surface area contributed by atoms with Gasteiger partial charge in [0.15, 0.2) is 0 Å². The Bertz CT molecular complexity index is 1440. The van der Waals surface area contributed by atoms with E-state index in [0.717, 1.165) is 55.2 Å². The Labute approximate surface area is 239 Å². The molecular formula is C36H45NO3. The van der Waals surface area contributed by atoms with Gasteiger partial charge in [0.1, 0.15) is 0 Å². The fourth-order valence-electron chi connectivity index (χ4n) is 8.81.